The van der Waals surface area contributed by atoms with E-state index in [2.05, 4.69) is 0 Å². The van der Waals surface area contributed by atoms with Crippen molar-refractivity contribution < 1.29 is 9.53 Å². The molecule has 1 aromatic carbocycles. The van der Waals surface area contributed by atoms with Gasteiger partial charge in [-0.1, -0.05) is 11.6 Å². The van der Waals surface area contributed by atoms with Crippen LogP contribution in [0.15, 0.2) is 18.2 Å². The van der Waals surface area contributed by atoms with Gasteiger partial charge in [0.25, 0.3) is 5.91 Å². The van der Waals surface area contributed by atoms with Crippen LogP contribution in [0.5, 0.6) is 5.75 Å². The summed E-state index contributed by atoms with van der Waals surface area (Å²) in [5.74, 6) is -0.175. The highest BCUT2D eigenvalue weighted by Gasteiger charge is 2.11. The van der Waals surface area contributed by atoms with Crippen LogP contribution in [0.25, 0.3) is 0 Å². The first-order valence-corrected chi connectivity index (χ1v) is 4.10. The molecule has 0 saturated heterocycles. The Morgan fingerprint density at radius 1 is 1.64 bits per heavy atom. The second-order valence-electron chi connectivity index (χ2n) is 2.41. The zero-order valence-corrected chi connectivity index (χ0v) is 8.13. The zero-order valence-electron chi connectivity index (χ0n) is 7.37. The van der Waals surface area contributed by atoms with Crippen molar-refractivity contribution in [2.24, 2.45) is 0 Å². The number of nitrogens with zero attached hydrogens (tertiary/aromatic N) is 1. The van der Waals surface area contributed by atoms with E-state index in [9.17, 15) is 4.79 Å². The number of ether oxygens (including phenoxy) is 1. The van der Waals surface area contributed by atoms with Gasteiger partial charge in [0, 0.05) is 5.02 Å². The molecule has 1 N–H and O–H groups in total. The van der Waals surface area contributed by atoms with Crippen LogP contribution in [0, 0.1) is 11.5 Å². The van der Waals surface area contributed by atoms with Gasteiger partial charge in [-0.05, 0) is 18.2 Å². The van der Waals surface area contributed by atoms with Crippen LogP contribution in [0.4, 0.5) is 0 Å². The van der Waals surface area contributed by atoms with Gasteiger partial charge in [0.05, 0.1) is 12.7 Å². The summed E-state index contributed by atoms with van der Waals surface area (Å²) in [5.41, 5.74) is 0.276. The van der Waals surface area contributed by atoms with Crippen molar-refractivity contribution in [1.82, 2.24) is 5.32 Å². The summed E-state index contributed by atoms with van der Waals surface area (Å²) in [7, 11) is 1.43. The minimum absolute atomic E-state index is 0.276. The molecular weight excluding hydrogens is 204 g/mol. The molecule has 0 radical (unpaired) electrons. The summed E-state index contributed by atoms with van der Waals surface area (Å²) in [4.78, 5) is 11.3. The van der Waals surface area contributed by atoms with E-state index in [1.807, 2.05) is 5.32 Å². The Morgan fingerprint density at radius 2 is 2.36 bits per heavy atom. The molecule has 0 fully saturated rings. The molecule has 0 atom stereocenters. The monoisotopic (exact) mass is 210 g/mol. The van der Waals surface area contributed by atoms with Gasteiger partial charge >= 0.3 is 0 Å². The number of benzene rings is 1. The van der Waals surface area contributed by atoms with Gasteiger partial charge in [-0.3, -0.25) is 10.1 Å². The van der Waals surface area contributed by atoms with Crippen LogP contribution in [-0.4, -0.2) is 13.0 Å². The largest absolute Gasteiger partial charge is 0.496 e. The maximum atomic E-state index is 11.3. The predicted molar refractivity (Wildman–Crippen MR) is 51.1 cm³/mol. The van der Waals surface area contributed by atoms with Crippen LogP contribution >= 0.6 is 11.6 Å². The second-order valence-corrected chi connectivity index (χ2v) is 2.85. The molecule has 0 spiro atoms. The fourth-order valence-electron chi connectivity index (χ4n) is 0.971. The van der Waals surface area contributed by atoms with E-state index in [-0.39, 0.29) is 5.56 Å². The molecule has 1 rings (SSSR count). The first-order valence-electron chi connectivity index (χ1n) is 3.72. The van der Waals surface area contributed by atoms with Crippen LogP contribution < -0.4 is 10.1 Å². The molecule has 0 heterocycles. The maximum absolute atomic E-state index is 11.3. The minimum atomic E-state index is -0.513. The van der Waals surface area contributed by atoms with Gasteiger partial charge < -0.3 is 4.74 Å². The van der Waals surface area contributed by atoms with Crippen molar-refractivity contribution in [3.8, 4) is 11.9 Å². The number of methoxy groups -OCH3 is 1. The van der Waals surface area contributed by atoms with E-state index in [0.717, 1.165) is 0 Å². The molecule has 4 nitrogen and oxygen atoms in total. The molecule has 1 amide bonds. The van der Waals surface area contributed by atoms with Gasteiger partial charge in [-0.2, -0.15) is 5.26 Å². The average molecular weight is 211 g/mol. The number of nitrogens with one attached hydrogen (secondary N) is 1. The number of rotatable bonds is 2. The second kappa shape index (κ2) is 4.49. The van der Waals surface area contributed by atoms with E-state index < -0.39 is 5.91 Å². The molecule has 0 aliphatic carbocycles. The van der Waals surface area contributed by atoms with Gasteiger partial charge in [-0.25, -0.2) is 0 Å². The molecule has 0 saturated carbocycles. The summed E-state index contributed by atoms with van der Waals surface area (Å²) >= 11 is 5.70. The van der Waals surface area contributed by atoms with Crippen molar-refractivity contribution in [3.63, 3.8) is 0 Å². The molecule has 0 aliphatic heterocycles. The van der Waals surface area contributed by atoms with E-state index in [0.29, 0.717) is 10.8 Å². The zero-order chi connectivity index (χ0) is 10.6. The Hall–Kier alpha value is -1.73. The van der Waals surface area contributed by atoms with Crippen molar-refractivity contribution in [3.05, 3.63) is 28.8 Å². The van der Waals surface area contributed by atoms with Crippen LogP contribution in [0.3, 0.4) is 0 Å². The lowest BCUT2D eigenvalue weighted by Crippen LogP contribution is -2.18. The lowest BCUT2D eigenvalue weighted by atomic mass is 10.2. The van der Waals surface area contributed by atoms with Gasteiger partial charge in [0.1, 0.15) is 5.75 Å². The third kappa shape index (κ3) is 2.15. The lowest BCUT2D eigenvalue weighted by molar-refractivity contribution is 0.0970. The number of nitriles is 1. The maximum Gasteiger partial charge on any atom is 0.268 e. The van der Waals surface area contributed by atoms with Crippen LogP contribution in [0.1, 0.15) is 10.4 Å². The predicted octanol–water partition coefficient (Wildman–Crippen LogP) is 1.56. The highest BCUT2D eigenvalue weighted by atomic mass is 35.5. The highest BCUT2D eigenvalue weighted by molar-refractivity contribution is 6.30. The Kier molecular flexibility index (Phi) is 3.32. The number of halogens is 1. The summed E-state index contributed by atoms with van der Waals surface area (Å²) in [5, 5.41) is 10.7. The smallest absolute Gasteiger partial charge is 0.268 e. The standard InChI is InChI=1S/C9H7ClN2O2/c1-14-8-4-6(10)2-3-7(8)9(13)12-5-11/h2-4H,1H3,(H,12,13). The third-order valence-corrected chi connectivity index (χ3v) is 1.81. The van der Waals surface area contributed by atoms with Crippen LogP contribution in [0.2, 0.25) is 5.02 Å². The first kappa shape index (κ1) is 10.4. The molecule has 0 bridgehead atoms. The summed E-state index contributed by atoms with van der Waals surface area (Å²) in [6, 6.07) is 4.55. The van der Waals surface area contributed by atoms with Crippen molar-refractivity contribution in [2.45, 2.75) is 0 Å². The number of carbonyl (C=O) groups excluding carboxylic acids is 1. The van der Waals surface area contributed by atoms with Crippen molar-refractivity contribution in [1.29, 1.82) is 5.26 Å². The van der Waals surface area contributed by atoms with Gasteiger partial charge in [0.15, 0.2) is 6.19 Å². The third-order valence-electron chi connectivity index (χ3n) is 1.58. The van der Waals surface area contributed by atoms with E-state index in [1.54, 1.807) is 12.3 Å². The van der Waals surface area contributed by atoms with Gasteiger partial charge in [-0.15, -0.1) is 0 Å². The topological polar surface area (TPSA) is 62.1 Å². The number of carbonyl (C=O) groups is 1. The van der Waals surface area contributed by atoms with Gasteiger partial charge in [0.2, 0.25) is 0 Å². The quantitative estimate of drug-likeness (QED) is 0.595. The summed E-state index contributed by atoms with van der Waals surface area (Å²) in [6.45, 7) is 0. The summed E-state index contributed by atoms with van der Waals surface area (Å²) < 4.78 is 4.94. The fourth-order valence-corrected chi connectivity index (χ4v) is 1.13. The Labute approximate surface area is 86.0 Å². The summed E-state index contributed by atoms with van der Waals surface area (Å²) in [6.07, 6.45) is 1.54. The lowest BCUT2D eigenvalue weighted by Gasteiger charge is -2.05. The number of hydrogen-bond donors (Lipinski definition) is 1. The highest BCUT2D eigenvalue weighted by Crippen LogP contribution is 2.22. The van der Waals surface area contributed by atoms with E-state index in [1.165, 1.54) is 19.2 Å². The Bertz CT molecular complexity index is 398. The molecule has 0 unspecified atom stereocenters. The molecule has 0 aromatic heterocycles. The number of amides is 1. The van der Waals surface area contributed by atoms with Crippen molar-refractivity contribution in [2.75, 3.05) is 7.11 Å². The molecule has 5 heteroatoms. The van der Waals surface area contributed by atoms with E-state index >= 15 is 0 Å². The Morgan fingerprint density at radius 3 is 2.93 bits per heavy atom. The molecule has 14 heavy (non-hydrogen) atoms. The fraction of sp³-hybridized carbons (Fsp3) is 0.111. The SMILES string of the molecule is COc1cc(Cl)ccc1C(=O)NC#N. The van der Waals surface area contributed by atoms with E-state index in [4.69, 9.17) is 21.6 Å². The minimum Gasteiger partial charge on any atom is -0.496 e. The average Bonchev–Trinajstić information content (AvgIpc) is 2.17. The molecule has 72 valence electrons. The molecular formula is C9H7ClN2O2. The molecule has 0 aliphatic rings. The van der Waals surface area contributed by atoms with Crippen LogP contribution in [-0.2, 0) is 0 Å². The van der Waals surface area contributed by atoms with Crippen molar-refractivity contribution >= 4 is 17.5 Å². The number of hydrogen-bond acceptors (Lipinski definition) is 3. The Balaban J connectivity index is 3.09. The molecule has 1 aromatic rings. The first-order chi connectivity index (χ1) is 6.69. The normalized spacial score (nSPS) is 8.93.